The van der Waals surface area contributed by atoms with Gasteiger partial charge in [0.1, 0.15) is 17.4 Å². The predicted octanol–water partition coefficient (Wildman–Crippen LogP) is 8.67. The molecule has 0 heterocycles. The molecule has 0 aliphatic heterocycles. The Morgan fingerprint density at radius 1 is 0.679 bits per heavy atom. The van der Waals surface area contributed by atoms with E-state index in [0.29, 0.717) is 55.0 Å². The number of ether oxygens (including phenoxy) is 3. The maximum atomic E-state index is 14.5. The number of esters is 1. The van der Waals surface area contributed by atoms with Crippen molar-refractivity contribution in [3.05, 3.63) is 171 Å². The Balaban J connectivity index is 1.08. The fraction of sp³-hybridized carbons (Fsp3) is 0.295. The summed E-state index contributed by atoms with van der Waals surface area (Å²) < 4.78 is 17.5. The van der Waals surface area contributed by atoms with Crippen molar-refractivity contribution in [2.24, 2.45) is 0 Å². The number of aliphatic hydroxyl groups excluding tert-OH is 2. The Hall–Kier alpha value is -4.05. The topological polar surface area (TPSA) is 97.3 Å². The summed E-state index contributed by atoms with van der Waals surface area (Å²) in [7, 11) is 0. The van der Waals surface area contributed by atoms with Crippen LogP contribution in [0.3, 0.4) is 0 Å². The number of halogens is 2. The molecule has 0 spiro atoms. The summed E-state index contributed by atoms with van der Waals surface area (Å²) in [6.45, 7) is 2.33. The highest BCUT2D eigenvalue weighted by atomic mass is 35.5. The molecule has 0 fully saturated rings. The van der Waals surface area contributed by atoms with Gasteiger partial charge in [0.25, 0.3) is 0 Å². The summed E-state index contributed by atoms with van der Waals surface area (Å²) in [6.07, 6.45) is 3.47. The molecule has 5 aromatic rings. The van der Waals surface area contributed by atoms with E-state index in [1.165, 1.54) is 0 Å². The van der Waals surface area contributed by atoms with Gasteiger partial charge in [-0.1, -0.05) is 139 Å². The maximum Gasteiger partial charge on any atom is 0.331 e. The lowest BCUT2D eigenvalue weighted by atomic mass is 9.69. The highest BCUT2D eigenvalue weighted by Gasteiger charge is 2.45. The molecule has 5 aromatic carbocycles. The summed E-state index contributed by atoms with van der Waals surface area (Å²) in [6, 6.07) is 39.5. The van der Waals surface area contributed by atoms with Crippen LogP contribution >= 0.6 is 23.2 Å². The van der Waals surface area contributed by atoms with E-state index in [0.717, 1.165) is 53.5 Å². The number of aliphatic hydroxyl groups is 2. The first-order valence-corrected chi connectivity index (χ1v) is 18.8. The van der Waals surface area contributed by atoms with Gasteiger partial charge >= 0.3 is 5.97 Å². The molecule has 0 saturated heterocycles. The number of nitrogens with one attached hydrogen (secondary N) is 1. The molecular weight excluding hydrogens is 709 g/mol. The monoisotopic (exact) mass is 755 g/mol. The summed E-state index contributed by atoms with van der Waals surface area (Å²) in [5.74, 6) is -0.212. The van der Waals surface area contributed by atoms with Gasteiger partial charge < -0.3 is 24.4 Å². The average Bonchev–Trinajstić information content (AvgIpc) is 3.18. The van der Waals surface area contributed by atoms with Crippen LogP contribution in [0.5, 0.6) is 5.75 Å². The normalized spacial score (nSPS) is 12.1. The SMILES string of the molecule is O=C(Oc1ccc(C[C@H](O)NCCCCCCOCCOCc2c(Cl)cccc2Cl)cc1CO)C(c1ccccc1)(c1ccccc1)c1ccccc1. The van der Waals surface area contributed by atoms with E-state index in [2.05, 4.69) is 5.32 Å². The third-order valence-corrected chi connectivity index (χ3v) is 9.84. The summed E-state index contributed by atoms with van der Waals surface area (Å²) in [4.78, 5) is 14.5. The summed E-state index contributed by atoms with van der Waals surface area (Å²) in [5.41, 5.74) is 3.11. The zero-order valence-electron chi connectivity index (χ0n) is 29.8. The van der Waals surface area contributed by atoms with Crippen molar-refractivity contribution in [2.75, 3.05) is 26.4 Å². The zero-order chi connectivity index (χ0) is 37.3. The number of carbonyl (C=O) groups excluding carboxylic acids is 1. The van der Waals surface area contributed by atoms with Crippen LogP contribution in [0.1, 0.15) is 59.1 Å². The molecule has 0 aliphatic carbocycles. The molecule has 0 amide bonds. The van der Waals surface area contributed by atoms with Crippen LogP contribution in [0.2, 0.25) is 10.0 Å². The number of rotatable bonds is 21. The molecule has 0 saturated carbocycles. The fourth-order valence-electron chi connectivity index (χ4n) is 6.39. The molecule has 0 bridgehead atoms. The van der Waals surface area contributed by atoms with E-state index in [-0.39, 0.29) is 12.4 Å². The molecular formula is C44H47Cl2NO6. The highest BCUT2D eigenvalue weighted by molar-refractivity contribution is 6.35. The first kappa shape index (κ1) is 40.1. The van der Waals surface area contributed by atoms with Gasteiger partial charge in [0.05, 0.1) is 26.4 Å². The number of unbranched alkanes of at least 4 members (excludes halogenated alkanes) is 3. The third kappa shape index (κ3) is 11.0. The van der Waals surface area contributed by atoms with Crippen molar-refractivity contribution >= 4 is 29.2 Å². The van der Waals surface area contributed by atoms with Gasteiger partial charge in [0.15, 0.2) is 0 Å². The van der Waals surface area contributed by atoms with E-state index in [1.807, 2.05) is 97.1 Å². The Bertz CT molecular complexity index is 1720. The Morgan fingerprint density at radius 2 is 1.25 bits per heavy atom. The molecule has 278 valence electrons. The first-order chi connectivity index (χ1) is 25.9. The fourth-order valence-corrected chi connectivity index (χ4v) is 6.90. The van der Waals surface area contributed by atoms with E-state index < -0.39 is 17.6 Å². The molecule has 7 nitrogen and oxygen atoms in total. The summed E-state index contributed by atoms with van der Waals surface area (Å²) >= 11 is 12.3. The Labute approximate surface area is 322 Å². The lowest BCUT2D eigenvalue weighted by Gasteiger charge is -2.33. The van der Waals surface area contributed by atoms with Crippen molar-refractivity contribution < 1.29 is 29.2 Å². The van der Waals surface area contributed by atoms with E-state index in [9.17, 15) is 15.0 Å². The van der Waals surface area contributed by atoms with Crippen molar-refractivity contribution in [1.29, 1.82) is 0 Å². The van der Waals surface area contributed by atoms with Crippen molar-refractivity contribution in [3.63, 3.8) is 0 Å². The van der Waals surface area contributed by atoms with Gasteiger partial charge in [-0.15, -0.1) is 0 Å². The van der Waals surface area contributed by atoms with Crippen LogP contribution in [-0.2, 0) is 39.3 Å². The lowest BCUT2D eigenvalue weighted by Crippen LogP contribution is -2.41. The van der Waals surface area contributed by atoms with Crippen LogP contribution in [0.4, 0.5) is 0 Å². The average molecular weight is 757 g/mol. The largest absolute Gasteiger partial charge is 0.425 e. The smallest absolute Gasteiger partial charge is 0.331 e. The number of hydrogen-bond donors (Lipinski definition) is 3. The number of carbonyl (C=O) groups is 1. The van der Waals surface area contributed by atoms with Crippen LogP contribution in [-0.4, -0.2) is 48.8 Å². The molecule has 3 N–H and O–H groups in total. The van der Waals surface area contributed by atoms with Gasteiger partial charge in [-0.3, -0.25) is 5.32 Å². The molecule has 5 rings (SSSR count). The van der Waals surface area contributed by atoms with Crippen molar-refractivity contribution in [2.45, 2.75) is 57.0 Å². The standard InChI is InChI=1S/C44H47Cl2NO6/c45-39-21-14-22-40(46)38(39)32-52-28-27-51-26-13-2-1-12-25-47-42(49)30-33-23-24-41(34(29-33)31-48)53-43(50)44(35-15-6-3-7-16-35,36-17-8-4-9-18-36)37-19-10-5-11-20-37/h3-11,14-24,29,42,47-49H,1-2,12-13,25-28,30-32H2/t42-/m0/s1. The Kier molecular flexibility index (Phi) is 15.9. The van der Waals surface area contributed by atoms with Crippen molar-refractivity contribution in [3.8, 4) is 5.75 Å². The lowest BCUT2D eigenvalue weighted by molar-refractivity contribution is -0.138. The van der Waals surface area contributed by atoms with Crippen LogP contribution in [0.25, 0.3) is 0 Å². The Morgan fingerprint density at radius 3 is 1.83 bits per heavy atom. The quantitative estimate of drug-likeness (QED) is 0.0227. The highest BCUT2D eigenvalue weighted by Crippen LogP contribution is 2.41. The van der Waals surface area contributed by atoms with Gasteiger partial charge in [0, 0.05) is 34.2 Å². The van der Waals surface area contributed by atoms with Crippen LogP contribution in [0.15, 0.2) is 127 Å². The third-order valence-electron chi connectivity index (χ3n) is 9.13. The molecule has 9 heteroatoms. The van der Waals surface area contributed by atoms with Crippen LogP contribution < -0.4 is 10.1 Å². The zero-order valence-corrected chi connectivity index (χ0v) is 31.3. The van der Waals surface area contributed by atoms with Gasteiger partial charge in [-0.25, -0.2) is 4.79 Å². The van der Waals surface area contributed by atoms with E-state index >= 15 is 0 Å². The minimum Gasteiger partial charge on any atom is -0.425 e. The molecule has 53 heavy (non-hydrogen) atoms. The minimum atomic E-state index is -1.26. The van der Waals surface area contributed by atoms with E-state index in [1.54, 1.807) is 30.3 Å². The molecule has 0 aromatic heterocycles. The predicted molar refractivity (Wildman–Crippen MR) is 210 cm³/mol. The van der Waals surface area contributed by atoms with Gasteiger partial charge in [-0.2, -0.15) is 0 Å². The molecule has 0 radical (unpaired) electrons. The minimum absolute atomic E-state index is 0.273. The molecule has 1 atom stereocenters. The van der Waals surface area contributed by atoms with Crippen molar-refractivity contribution in [1.82, 2.24) is 5.32 Å². The second-order valence-corrected chi connectivity index (χ2v) is 13.6. The second-order valence-electron chi connectivity index (χ2n) is 12.8. The second kappa shape index (κ2) is 21.0. The number of benzene rings is 5. The molecule has 0 aliphatic rings. The van der Waals surface area contributed by atoms with E-state index in [4.69, 9.17) is 37.4 Å². The first-order valence-electron chi connectivity index (χ1n) is 18.0. The molecule has 0 unspecified atom stereocenters. The number of hydrogen-bond acceptors (Lipinski definition) is 7. The summed E-state index contributed by atoms with van der Waals surface area (Å²) in [5, 5.41) is 25.4. The van der Waals surface area contributed by atoms with Gasteiger partial charge in [0.2, 0.25) is 0 Å². The maximum absolute atomic E-state index is 14.5. The van der Waals surface area contributed by atoms with Crippen LogP contribution in [0, 0.1) is 0 Å². The van der Waals surface area contributed by atoms with Gasteiger partial charge in [-0.05, 0) is 65.9 Å².